The molecule has 0 aliphatic carbocycles. The second kappa shape index (κ2) is 3.53. The maximum atomic E-state index is 11.1. The molecule has 1 rings (SSSR count). The summed E-state index contributed by atoms with van der Waals surface area (Å²) < 4.78 is 23.5. The molecule has 0 spiro atoms. The van der Waals surface area contributed by atoms with E-state index in [0.29, 0.717) is 13.1 Å². The molecule has 0 unspecified atom stereocenters. The smallest absolute Gasteiger partial charge is 0.211 e. The number of carbonyl (C=O) groups is 1. The van der Waals surface area contributed by atoms with E-state index in [4.69, 9.17) is 0 Å². The molecule has 0 aromatic heterocycles. The number of hydrogen-bond acceptors (Lipinski definition) is 3. The van der Waals surface area contributed by atoms with Crippen molar-refractivity contribution in [3.05, 3.63) is 0 Å². The summed E-state index contributed by atoms with van der Waals surface area (Å²) in [6, 6.07) is 0. The highest BCUT2D eigenvalue weighted by atomic mass is 32.2. The van der Waals surface area contributed by atoms with Crippen molar-refractivity contribution in [2.45, 2.75) is 12.8 Å². The zero-order chi connectivity index (χ0) is 9.19. The van der Waals surface area contributed by atoms with Crippen LogP contribution in [0.2, 0.25) is 0 Å². The molecule has 0 saturated carbocycles. The highest BCUT2D eigenvalue weighted by Crippen LogP contribution is 2.16. The average Bonchev–Trinajstić information content (AvgIpc) is 2.03. The van der Waals surface area contributed by atoms with Gasteiger partial charge in [-0.1, -0.05) is 0 Å². The van der Waals surface area contributed by atoms with Crippen molar-refractivity contribution in [3.8, 4) is 0 Å². The Balaban J connectivity index is 2.64. The maximum absolute atomic E-state index is 11.1. The fourth-order valence-corrected chi connectivity index (χ4v) is 2.31. The van der Waals surface area contributed by atoms with Gasteiger partial charge < -0.3 is 4.79 Å². The van der Waals surface area contributed by atoms with E-state index in [1.165, 1.54) is 10.6 Å². The molecule has 0 radical (unpaired) electrons. The Hall–Kier alpha value is -0.420. The van der Waals surface area contributed by atoms with E-state index in [-0.39, 0.29) is 5.92 Å². The minimum absolute atomic E-state index is 0.103. The van der Waals surface area contributed by atoms with Crippen molar-refractivity contribution in [1.82, 2.24) is 4.31 Å². The Labute approximate surface area is 72.6 Å². The Kier molecular flexibility index (Phi) is 2.85. The van der Waals surface area contributed by atoms with Gasteiger partial charge in [-0.3, -0.25) is 0 Å². The lowest BCUT2D eigenvalue weighted by Crippen LogP contribution is -2.39. The van der Waals surface area contributed by atoms with Gasteiger partial charge in [0.05, 0.1) is 6.26 Å². The Bertz CT molecular complexity index is 260. The molecule has 1 heterocycles. The molecule has 1 fully saturated rings. The molecule has 0 bridgehead atoms. The molecule has 1 saturated heterocycles. The summed E-state index contributed by atoms with van der Waals surface area (Å²) in [5.41, 5.74) is 0. The van der Waals surface area contributed by atoms with Gasteiger partial charge in [-0.25, -0.2) is 12.7 Å². The summed E-state index contributed by atoms with van der Waals surface area (Å²) in [6.07, 6.45) is 3.63. The van der Waals surface area contributed by atoms with E-state index >= 15 is 0 Å². The number of sulfonamides is 1. The van der Waals surface area contributed by atoms with Crippen LogP contribution < -0.4 is 0 Å². The summed E-state index contributed by atoms with van der Waals surface area (Å²) in [6.45, 7) is 0.922. The van der Waals surface area contributed by atoms with E-state index in [1.54, 1.807) is 0 Å². The van der Waals surface area contributed by atoms with Crippen LogP contribution in [-0.4, -0.2) is 38.4 Å². The molecule has 0 aromatic rings. The van der Waals surface area contributed by atoms with Crippen molar-refractivity contribution in [1.29, 1.82) is 0 Å². The van der Waals surface area contributed by atoms with E-state index in [0.717, 1.165) is 19.1 Å². The first-order chi connectivity index (χ1) is 5.54. The normalized spacial score (nSPS) is 26.9. The predicted octanol–water partition coefficient (Wildman–Crippen LogP) is -0.143. The van der Waals surface area contributed by atoms with Gasteiger partial charge in [0.2, 0.25) is 10.0 Å². The molecule has 0 aromatic carbocycles. The molecule has 1 aliphatic heterocycles. The van der Waals surface area contributed by atoms with Crippen LogP contribution >= 0.6 is 0 Å². The number of aldehydes is 1. The number of carbonyl (C=O) groups excluding carboxylic acids is 1. The number of hydrogen-bond donors (Lipinski definition) is 0. The molecule has 5 heteroatoms. The fraction of sp³-hybridized carbons (Fsp3) is 0.857. The first-order valence-electron chi connectivity index (χ1n) is 3.94. The van der Waals surface area contributed by atoms with Crippen molar-refractivity contribution >= 4 is 16.3 Å². The number of piperidine rings is 1. The highest BCUT2D eigenvalue weighted by Gasteiger charge is 2.25. The summed E-state index contributed by atoms with van der Waals surface area (Å²) in [5.74, 6) is -0.103. The Morgan fingerprint density at radius 2 is 2.17 bits per heavy atom. The van der Waals surface area contributed by atoms with Gasteiger partial charge in [-0.15, -0.1) is 0 Å². The second-order valence-corrected chi connectivity index (χ2v) is 5.14. The Morgan fingerprint density at radius 3 is 2.67 bits per heavy atom. The molecule has 12 heavy (non-hydrogen) atoms. The fourth-order valence-electron chi connectivity index (χ4n) is 1.39. The summed E-state index contributed by atoms with van der Waals surface area (Å²) in [5, 5.41) is 0. The van der Waals surface area contributed by atoms with Gasteiger partial charge in [0, 0.05) is 19.0 Å². The third kappa shape index (κ3) is 2.28. The first-order valence-corrected chi connectivity index (χ1v) is 5.79. The summed E-state index contributed by atoms with van der Waals surface area (Å²) in [4.78, 5) is 10.4. The number of nitrogens with zero attached hydrogens (tertiary/aromatic N) is 1. The lowest BCUT2D eigenvalue weighted by Gasteiger charge is -2.27. The van der Waals surface area contributed by atoms with Gasteiger partial charge in [0.1, 0.15) is 6.29 Å². The molecule has 4 nitrogen and oxygen atoms in total. The molecule has 1 atom stereocenters. The molecule has 0 amide bonds. The van der Waals surface area contributed by atoms with Crippen LogP contribution in [0, 0.1) is 5.92 Å². The van der Waals surface area contributed by atoms with E-state index in [2.05, 4.69) is 0 Å². The topological polar surface area (TPSA) is 54.5 Å². The maximum Gasteiger partial charge on any atom is 0.211 e. The van der Waals surface area contributed by atoms with Crippen LogP contribution in [0.5, 0.6) is 0 Å². The molecule has 70 valence electrons. The van der Waals surface area contributed by atoms with Gasteiger partial charge in [0.15, 0.2) is 0 Å². The zero-order valence-corrected chi connectivity index (χ0v) is 7.88. The summed E-state index contributed by atoms with van der Waals surface area (Å²) in [7, 11) is -3.09. The lowest BCUT2D eigenvalue weighted by atomic mass is 10.0. The molecular weight excluding hydrogens is 178 g/mol. The van der Waals surface area contributed by atoms with Crippen LogP contribution in [0.25, 0.3) is 0 Å². The van der Waals surface area contributed by atoms with E-state index in [9.17, 15) is 13.2 Å². The largest absolute Gasteiger partial charge is 0.303 e. The van der Waals surface area contributed by atoms with Crippen LogP contribution in [0.1, 0.15) is 12.8 Å². The third-order valence-electron chi connectivity index (χ3n) is 2.08. The quantitative estimate of drug-likeness (QED) is 0.571. The van der Waals surface area contributed by atoms with Gasteiger partial charge in [-0.2, -0.15) is 0 Å². The average molecular weight is 191 g/mol. The van der Waals surface area contributed by atoms with Crippen molar-refractivity contribution < 1.29 is 13.2 Å². The van der Waals surface area contributed by atoms with E-state index < -0.39 is 10.0 Å². The van der Waals surface area contributed by atoms with Gasteiger partial charge in [-0.05, 0) is 12.8 Å². The molecular formula is C7H13NO3S. The molecule has 0 N–H and O–H groups in total. The van der Waals surface area contributed by atoms with Gasteiger partial charge >= 0.3 is 0 Å². The van der Waals surface area contributed by atoms with Crippen LogP contribution in [0.4, 0.5) is 0 Å². The highest BCUT2D eigenvalue weighted by molar-refractivity contribution is 7.88. The van der Waals surface area contributed by atoms with Crippen molar-refractivity contribution in [2.24, 2.45) is 5.92 Å². The summed E-state index contributed by atoms with van der Waals surface area (Å²) >= 11 is 0. The number of rotatable bonds is 2. The van der Waals surface area contributed by atoms with Crippen LogP contribution in [-0.2, 0) is 14.8 Å². The molecule has 1 aliphatic rings. The van der Waals surface area contributed by atoms with Crippen LogP contribution in [0.3, 0.4) is 0 Å². The minimum atomic E-state index is -3.09. The monoisotopic (exact) mass is 191 g/mol. The SMILES string of the molecule is CS(=O)(=O)N1CCC[C@@H](C=O)C1. The van der Waals surface area contributed by atoms with Crippen molar-refractivity contribution in [3.63, 3.8) is 0 Å². The first kappa shape index (κ1) is 9.67. The predicted molar refractivity (Wildman–Crippen MR) is 45.2 cm³/mol. The zero-order valence-electron chi connectivity index (χ0n) is 7.06. The van der Waals surface area contributed by atoms with E-state index in [1.807, 2.05) is 0 Å². The third-order valence-corrected chi connectivity index (χ3v) is 3.35. The van der Waals surface area contributed by atoms with Crippen LogP contribution in [0.15, 0.2) is 0 Å². The second-order valence-electron chi connectivity index (χ2n) is 3.16. The lowest BCUT2D eigenvalue weighted by molar-refractivity contribution is -0.112. The van der Waals surface area contributed by atoms with Crippen molar-refractivity contribution in [2.75, 3.05) is 19.3 Å². The standard InChI is InChI=1S/C7H13NO3S/c1-12(10,11)8-4-2-3-7(5-8)6-9/h6-7H,2-5H2,1H3/t7-/m1/s1. The Morgan fingerprint density at radius 1 is 1.50 bits per heavy atom. The van der Waals surface area contributed by atoms with Gasteiger partial charge in [0.25, 0.3) is 0 Å². The minimum Gasteiger partial charge on any atom is -0.303 e.